The zero-order valence-electron chi connectivity index (χ0n) is 7.49. The van der Waals surface area contributed by atoms with Crippen molar-refractivity contribution < 1.29 is 8.78 Å². The van der Waals surface area contributed by atoms with Crippen LogP contribution in [0, 0.1) is 0 Å². The number of halogens is 2. The minimum absolute atomic E-state index is 0.678. The Morgan fingerprint density at radius 3 is 2.42 bits per heavy atom. The lowest BCUT2D eigenvalue weighted by molar-refractivity contribution is 0.546. The highest BCUT2D eigenvalue weighted by Gasteiger charge is 2.02. The summed E-state index contributed by atoms with van der Waals surface area (Å²) in [7, 11) is 0. The Morgan fingerprint density at radius 1 is 1.25 bits per heavy atom. The maximum atomic E-state index is 12.4. The molecule has 0 nitrogen and oxygen atoms in total. The molecule has 0 atom stereocenters. The van der Waals surface area contributed by atoms with Crippen molar-refractivity contribution in [1.82, 2.24) is 0 Å². The summed E-state index contributed by atoms with van der Waals surface area (Å²) >= 11 is 0. The first-order chi connectivity index (χ1) is 5.70. The minimum atomic E-state index is -0.937. The van der Waals surface area contributed by atoms with Gasteiger partial charge in [0, 0.05) is 0 Å². The molecule has 1 rings (SSSR count). The highest BCUT2D eigenvalue weighted by atomic mass is 19.2. The van der Waals surface area contributed by atoms with Crippen LogP contribution in [0.15, 0.2) is 41.2 Å². The average molecular weight is 170 g/mol. The Morgan fingerprint density at radius 2 is 1.83 bits per heavy atom. The summed E-state index contributed by atoms with van der Waals surface area (Å²) in [5, 5.41) is 0. The number of rotatable bonds is 0. The summed E-state index contributed by atoms with van der Waals surface area (Å²) in [5.41, 5.74) is 2.81. The van der Waals surface area contributed by atoms with Crippen LogP contribution in [-0.4, -0.2) is 0 Å². The Balaban J connectivity index is 0.000000561. The maximum absolute atomic E-state index is 12.4. The van der Waals surface area contributed by atoms with E-state index in [1.165, 1.54) is 6.08 Å². The fraction of sp³-hybridized carbons (Fsp3) is 0.300. The van der Waals surface area contributed by atoms with Gasteiger partial charge in [-0.15, -0.1) is 0 Å². The second-order valence-corrected chi connectivity index (χ2v) is 2.03. The van der Waals surface area contributed by atoms with Crippen LogP contribution in [0.2, 0.25) is 0 Å². The van der Waals surface area contributed by atoms with Gasteiger partial charge in [0.15, 0.2) is 5.83 Å². The van der Waals surface area contributed by atoms with Crippen molar-refractivity contribution in [1.29, 1.82) is 0 Å². The van der Waals surface area contributed by atoms with Gasteiger partial charge in [-0.3, -0.25) is 0 Å². The van der Waals surface area contributed by atoms with E-state index in [4.69, 9.17) is 0 Å². The van der Waals surface area contributed by atoms with E-state index in [1.54, 1.807) is 13.0 Å². The molecule has 12 heavy (non-hydrogen) atoms. The SMILES string of the molecule is CC.CC1=CC=C=C(F)C(F)=C1. The predicted octanol–water partition coefficient (Wildman–Crippen LogP) is 3.83. The summed E-state index contributed by atoms with van der Waals surface area (Å²) in [6.07, 6.45) is 4.08. The van der Waals surface area contributed by atoms with Gasteiger partial charge in [0.05, 0.1) is 0 Å². The second kappa shape index (κ2) is 5.50. The summed E-state index contributed by atoms with van der Waals surface area (Å²) < 4.78 is 24.7. The van der Waals surface area contributed by atoms with Crippen LogP contribution in [0.1, 0.15) is 20.8 Å². The molecule has 0 aromatic rings. The minimum Gasteiger partial charge on any atom is -0.203 e. The summed E-state index contributed by atoms with van der Waals surface area (Å²) in [4.78, 5) is 0. The quantitative estimate of drug-likeness (QED) is 0.484. The van der Waals surface area contributed by atoms with Crippen molar-refractivity contribution in [2.24, 2.45) is 0 Å². The summed E-state index contributed by atoms with van der Waals surface area (Å²) in [6, 6.07) is 0. The molecular formula is C10H12F2. The molecule has 0 spiro atoms. The molecule has 0 unspecified atom stereocenters. The monoisotopic (exact) mass is 170 g/mol. The van der Waals surface area contributed by atoms with E-state index in [-0.39, 0.29) is 0 Å². The van der Waals surface area contributed by atoms with Crippen molar-refractivity contribution in [3.8, 4) is 0 Å². The van der Waals surface area contributed by atoms with Gasteiger partial charge in [0.1, 0.15) is 0 Å². The molecule has 1 aliphatic rings. The summed E-state index contributed by atoms with van der Waals surface area (Å²) in [5.74, 6) is -1.80. The van der Waals surface area contributed by atoms with E-state index in [2.05, 4.69) is 5.73 Å². The van der Waals surface area contributed by atoms with Gasteiger partial charge in [-0.1, -0.05) is 25.7 Å². The fourth-order valence-electron chi connectivity index (χ4n) is 0.627. The van der Waals surface area contributed by atoms with Crippen molar-refractivity contribution >= 4 is 0 Å². The van der Waals surface area contributed by atoms with Gasteiger partial charge >= 0.3 is 0 Å². The van der Waals surface area contributed by atoms with Crippen LogP contribution in [-0.2, 0) is 0 Å². The lowest BCUT2D eigenvalue weighted by Crippen LogP contribution is -1.72. The normalized spacial score (nSPS) is 14.9. The first-order valence-corrected chi connectivity index (χ1v) is 3.87. The summed E-state index contributed by atoms with van der Waals surface area (Å²) in [6.45, 7) is 5.69. The molecule has 0 N–H and O–H groups in total. The fourth-order valence-corrected chi connectivity index (χ4v) is 0.627. The van der Waals surface area contributed by atoms with E-state index in [1.807, 2.05) is 13.8 Å². The third-order valence-electron chi connectivity index (χ3n) is 1.12. The van der Waals surface area contributed by atoms with Gasteiger partial charge in [-0.05, 0) is 24.6 Å². The second-order valence-electron chi connectivity index (χ2n) is 2.03. The zero-order valence-corrected chi connectivity index (χ0v) is 7.49. The molecule has 0 aromatic heterocycles. The largest absolute Gasteiger partial charge is 0.203 e. The molecule has 0 amide bonds. The lowest BCUT2D eigenvalue weighted by atomic mass is 10.2. The van der Waals surface area contributed by atoms with E-state index in [0.29, 0.717) is 5.57 Å². The number of hydrogen-bond donors (Lipinski definition) is 0. The van der Waals surface area contributed by atoms with Crippen molar-refractivity contribution in [2.45, 2.75) is 20.8 Å². The molecule has 1 aliphatic carbocycles. The number of allylic oxidation sites excluding steroid dienone is 5. The van der Waals surface area contributed by atoms with Crippen molar-refractivity contribution in [3.63, 3.8) is 0 Å². The molecule has 0 fully saturated rings. The standard InChI is InChI=1S/C8H6F2.C2H6/c1-6-3-2-4-7(9)8(10)5-6;1-2/h2-3,5H,1H3;1-2H3. The van der Waals surface area contributed by atoms with Crippen molar-refractivity contribution in [3.05, 3.63) is 41.2 Å². The Kier molecular flexibility index (Phi) is 4.98. The molecule has 0 heterocycles. The van der Waals surface area contributed by atoms with E-state index in [9.17, 15) is 8.78 Å². The van der Waals surface area contributed by atoms with Gasteiger partial charge in [0.2, 0.25) is 5.83 Å². The van der Waals surface area contributed by atoms with Crippen LogP contribution in [0.5, 0.6) is 0 Å². The third kappa shape index (κ3) is 3.31. The van der Waals surface area contributed by atoms with E-state index in [0.717, 1.165) is 6.08 Å². The Bertz CT molecular complexity index is 264. The molecular weight excluding hydrogens is 158 g/mol. The molecule has 66 valence electrons. The van der Waals surface area contributed by atoms with Gasteiger partial charge in [-0.2, -0.15) is 4.39 Å². The smallest absolute Gasteiger partial charge is 0.201 e. The van der Waals surface area contributed by atoms with Gasteiger partial charge < -0.3 is 0 Å². The molecule has 0 aliphatic heterocycles. The zero-order chi connectivity index (χ0) is 9.56. The van der Waals surface area contributed by atoms with Crippen LogP contribution in [0.3, 0.4) is 0 Å². The van der Waals surface area contributed by atoms with Gasteiger partial charge in [0.25, 0.3) is 0 Å². The third-order valence-corrected chi connectivity index (χ3v) is 1.12. The number of hydrogen-bond acceptors (Lipinski definition) is 0. The van der Waals surface area contributed by atoms with Crippen LogP contribution >= 0.6 is 0 Å². The Hall–Kier alpha value is -1.14. The topological polar surface area (TPSA) is 0 Å². The predicted molar refractivity (Wildman–Crippen MR) is 47.0 cm³/mol. The van der Waals surface area contributed by atoms with E-state index < -0.39 is 11.7 Å². The van der Waals surface area contributed by atoms with Crippen molar-refractivity contribution in [2.75, 3.05) is 0 Å². The molecule has 0 bridgehead atoms. The molecule has 0 saturated carbocycles. The van der Waals surface area contributed by atoms with Gasteiger partial charge in [-0.25, -0.2) is 4.39 Å². The first-order valence-electron chi connectivity index (χ1n) is 3.87. The highest BCUT2D eigenvalue weighted by molar-refractivity contribution is 5.33. The van der Waals surface area contributed by atoms with Crippen LogP contribution < -0.4 is 0 Å². The molecule has 0 aromatic carbocycles. The lowest BCUT2D eigenvalue weighted by Gasteiger charge is -1.87. The van der Waals surface area contributed by atoms with Crippen LogP contribution in [0.4, 0.5) is 8.78 Å². The Labute approximate surface area is 71.6 Å². The maximum Gasteiger partial charge on any atom is 0.201 e. The molecule has 0 saturated heterocycles. The first kappa shape index (κ1) is 10.9. The average Bonchev–Trinajstić information content (AvgIpc) is 2.19. The highest BCUT2D eigenvalue weighted by Crippen LogP contribution is 2.16. The van der Waals surface area contributed by atoms with E-state index >= 15 is 0 Å². The van der Waals surface area contributed by atoms with Crippen LogP contribution in [0.25, 0.3) is 0 Å². The molecule has 2 heteroatoms. The molecule has 0 radical (unpaired) electrons.